The number of oxazole rings is 1. The standard InChI is InChI=1S/C17H15ClN2O4S/c1-23-10-15-20-16(12-3-2-4-13(18)9-12)17(24-15)11-5-7-14(8-6-11)25(19,21)22/h2-9H,10H2,1H3,(H2,19,21,22). The summed E-state index contributed by atoms with van der Waals surface area (Å²) in [7, 11) is -2.21. The summed E-state index contributed by atoms with van der Waals surface area (Å²) in [6, 6.07) is 13.3. The third kappa shape index (κ3) is 3.91. The molecule has 0 amide bonds. The van der Waals surface area contributed by atoms with Crippen LogP contribution < -0.4 is 5.14 Å². The average molecular weight is 379 g/mol. The van der Waals surface area contributed by atoms with E-state index in [0.717, 1.165) is 5.56 Å². The van der Waals surface area contributed by atoms with Gasteiger partial charge in [0.25, 0.3) is 0 Å². The van der Waals surface area contributed by atoms with E-state index in [0.29, 0.717) is 27.9 Å². The van der Waals surface area contributed by atoms with Crippen LogP contribution in [0.15, 0.2) is 57.8 Å². The third-order valence-corrected chi connectivity index (χ3v) is 4.65. The molecule has 25 heavy (non-hydrogen) atoms. The summed E-state index contributed by atoms with van der Waals surface area (Å²) in [4.78, 5) is 4.49. The van der Waals surface area contributed by atoms with Crippen molar-refractivity contribution < 1.29 is 17.6 Å². The van der Waals surface area contributed by atoms with E-state index >= 15 is 0 Å². The summed E-state index contributed by atoms with van der Waals surface area (Å²) in [5.41, 5.74) is 2.04. The first-order chi connectivity index (χ1) is 11.9. The van der Waals surface area contributed by atoms with Crippen LogP contribution in [0.1, 0.15) is 5.89 Å². The van der Waals surface area contributed by atoms with Gasteiger partial charge in [0.1, 0.15) is 12.3 Å². The summed E-state index contributed by atoms with van der Waals surface area (Å²) < 4.78 is 33.7. The molecule has 0 aliphatic carbocycles. The van der Waals surface area contributed by atoms with Crippen LogP contribution in [0.3, 0.4) is 0 Å². The van der Waals surface area contributed by atoms with E-state index in [1.165, 1.54) is 12.1 Å². The molecule has 0 bridgehead atoms. The summed E-state index contributed by atoms with van der Waals surface area (Å²) in [6.07, 6.45) is 0. The number of nitrogens with two attached hydrogens (primary N) is 1. The van der Waals surface area contributed by atoms with E-state index in [9.17, 15) is 8.42 Å². The Morgan fingerprint density at radius 1 is 1.16 bits per heavy atom. The zero-order chi connectivity index (χ0) is 18.0. The Morgan fingerprint density at radius 3 is 2.48 bits per heavy atom. The number of sulfonamides is 1. The molecule has 1 heterocycles. The fourth-order valence-corrected chi connectivity index (χ4v) is 3.08. The van der Waals surface area contributed by atoms with Crippen molar-refractivity contribution in [3.63, 3.8) is 0 Å². The Hall–Kier alpha value is -2.19. The number of nitrogens with zero attached hydrogens (tertiary/aromatic N) is 1. The summed E-state index contributed by atoms with van der Waals surface area (Å²) in [6.45, 7) is 0.211. The number of aromatic nitrogens is 1. The van der Waals surface area contributed by atoms with Crippen molar-refractivity contribution in [3.05, 3.63) is 59.4 Å². The van der Waals surface area contributed by atoms with Gasteiger partial charge in [-0.05, 0) is 36.4 Å². The van der Waals surface area contributed by atoms with Crippen molar-refractivity contribution in [3.8, 4) is 22.6 Å². The molecule has 0 radical (unpaired) electrons. The minimum atomic E-state index is -3.76. The van der Waals surface area contributed by atoms with Gasteiger partial charge in [-0.2, -0.15) is 0 Å². The van der Waals surface area contributed by atoms with Crippen LogP contribution in [0, 0.1) is 0 Å². The van der Waals surface area contributed by atoms with Gasteiger partial charge in [0.05, 0.1) is 4.90 Å². The number of primary sulfonamides is 1. The number of hydrogen-bond acceptors (Lipinski definition) is 5. The maximum atomic E-state index is 11.4. The average Bonchev–Trinajstić information content (AvgIpc) is 2.98. The van der Waals surface area contributed by atoms with Gasteiger partial charge in [-0.15, -0.1) is 0 Å². The van der Waals surface area contributed by atoms with Crippen LogP contribution >= 0.6 is 11.6 Å². The molecular formula is C17H15ClN2O4S. The van der Waals surface area contributed by atoms with Crippen LogP contribution in [-0.2, 0) is 21.4 Å². The Labute approximate surface area is 150 Å². The third-order valence-electron chi connectivity index (χ3n) is 3.48. The second kappa shape index (κ2) is 6.97. The molecule has 0 unspecified atom stereocenters. The molecule has 0 atom stereocenters. The van der Waals surface area contributed by atoms with Crippen molar-refractivity contribution in [2.24, 2.45) is 5.14 Å². The highest BCUT2D eigenvalue weighted by atomic mass is 35.5. The van der Waals surface area contributed by atoms with Crippen LogP contribution in [0.2, 0.25) is 5.02 Å². The molecule has 2 N–H and O–H groups in total. The smallest absolute Gasteiger partial charge is 0.238 e. The second-order valence-electron chi connectivity index (χ2n) is 5.30. The first-order valence-electron chi connectivity index (χ1n) is 7.26. The van der Waals surface area contributed by atoms with E-state index in [1.807, 2.05) is 12.1 Å². The lowest BCUT2D eigenvalue weighted by atomic mass is 10.1. The number of halogens is 1. The maximum absolute atomic E-state index is 11.4. The monoisotopic (exact) mass is 378 g/mol. The Balaban J connectivity index is 2.11. The number of benzene rings is 2. The molecule has 0 fully saturated rings. The Kier molecular flexibility index (Phi) is 4.91. The second-order valence-corrected chi connectivity index (χ2v) is 7.30. The highest BCUT2D eigenvalue weighted by Crippen LogP contribution is 2.34. The molecule has 0 saturated heterocycles. The molecule has 0 spiro atoms. The lowest BCUT2D eigenvalue weighted by Gasteiger charge is -2.03. The summed E-state index contributed by atoms with van der Waals surface area (Å²) in [5, 5.41) is 5.71. The molecule has 3 rings (SSSR count). The Bertz CT molecular complexity index is 998. The quantitative estimate of drug-likeness (QED) is 0.733. The molecular weight excluding hydrogens is 364 g/mol. The van der Waals surface area contributed by atoms with Crippen molar-refractivity contribution in [2.45, 2.75) is 11.5 Å². The van der Waals surface area contributed by atoms with Gasteiger partial charge in [-0.1, -0.05) is 23.7 Å². The molecule has 0 aliphatic heterocycles. The summed E-state index contributed by atoms with van der Waals surface area (Å²) >= 11 is 6.07. The molecule has 8 heteroatoms. The molecule has 3 aromatic rings. The van der Waals surface area contributed by atoms with Crippen molar-refractivity contribution in [2.75, 3.05) is 7.11 Å². The first kappa shape index (κ1) is 17.6. The zero-order valence-corrected chi connectivity index (χ0v) is 14.8. The molecule has 1 aromatic heterocycles. The molecule has 130 valence electrons. The fraction of sp³-hybridized carbons (Fsp3) is 0.118. The van der Waals surface area contributed by atoms with E-state index < -0.39 is 10.0 Å². The van der Waals surface area contributed by atoms with Crippen LogP contribution in [0.5, 0.6) is 0 Å². The van der Waals surface area contributed by atoms with Gasteiger partial charge < -0.3 is 9.15 Å². The predicted molar refractivity (Wildman–Crippen MR) is 94.5 cm³/mol. The van der Waals surface area contributed by atoms with E-state index in [-0.39, 0.29) is 11.5 Å². The minimum absolute atomic E-state index is 0.0252. The van der Waals surface area contributed by atoms with Crippen molar-refractivity contribution in [1.29, 1.82) is 0 Å². The number of hydrogen-bond donors (Lipinski definition) is 1. The lowest BCUT2D eigenvalue weighted by molar-refractivity contribution is 0.160. The van der Waals surface area contributed by atoms with Gasteiger partial charge in [-0.25, -0.2) is 18.5 Å². The van der Waals surface area contributed by atoms with E-state index in [2.05, 4.69) is 4.98 Å². The Morgan fingerprint density at radius 2 is 1.88 bits per heavy atom. The highest BCUT2D eigenvalue weighted by molar-refractivity contribution is 7.89. The van der Waals surface area contributed by atoms with Crippen LogP contribution in [-0.4, -0.2) is 20.5 Å². The van der Waals surface area contributed by atoms with Crippen molar-refractivity contribution >= 4 is 21.6 Å². The van der Waals surface area contributed by atoms with Crippen LogP contribution in [0.4, 0.5) is 0 Å². The molecule has 0 saturated carbocycles. The largest absolute Gasteiger partial charge is 0.437 e. The highest BCUT2D eigenvalue weighted by Gasteiger charge is 2.18. The molecule has 6 nitrogen and oxygen atoms in total. The van der Waals surface area contributed by atoms with Crippen molar-refractivity contribution in [1.82, 2.24) is 4.98 Å². The minimum Gasteiger partial charge on any atom is -0.437 e. The topological polar surface area (TPSA) is 95.4 Å². The number of rotatable bonds is 5. The van der Waals surface area contributed by atoms with Crippen LogP contribution in [0.25, 0.3) is 22.6 Å². The first-order valence-corrected chi connectivity index (χ1v) is 9.19. The normalized spacial score (nSPS) is 11.6. The lowest BCUT2D eigenvalue weighted by Crippen LogP contribution is -2.11. The molecule has 2 aromatic carbocycles. The van der Waals surface area contributed by atoms with E-state index in [1.54, 1.807) is 31.4 Å². The number of methoxy groups -OCH3 is 1. The summed E-state index contributed by atoms with van der Waals surface area (Å²) in [5.74, 6) is 0.901. The van der Waals surface area contributed by atoms with E-state index in [4.69, 9.17) is 25.9 Å². The van der Waals surface area contributed by atoms with Gasteiger partial charge in [0, 0.05) is 23.3 Å². The fourth-order valence-electron chi connectivity index (χ4n) is 2.37. The van der Waals surface area contributed by atoms with Gasteiger partial charge >= 0.3 is 0 Å². The maximum Gasteiger partial charge on any atom is 0.238 e. The molecule has 0 aliphatic rings. The predicted octanol–water partition coefficient (Wildman–Crippen LogP) is 3.46. The SMILES string of the molecule is COCc1nc(-c2cccc(Cl)c2)c(-c2ccc(S(N)(=O)=O)cc2)o1. The number of ether oxygens (including phenoxy) is 1. The zero-order valence-electron chi connectivity index (χ0n) is 13.3. The van der Waals surface area contributed by atoms with Gasteiger partial charge in [-0.3, -0.25) is 0 Å². The van der Waals surface area contributed by atoms with Gasteiger partial charge in [0.2, 0.25) is 15.9 Å². The van der Waals surface area contributed by atoms with Gasteiger partial charge in [0.15, 0.2) is 5.76 Å².